The average Bonchev–Trinajstić information content (AvgIpc) is 4.06. The Bertz CT molecular complexity index is 3610. The summed E-state index contributed by atoms with van der Waals surface area (Å²) in [6, 6.07) is 73.8. The zero-order chi connectivity index (χ0) is 42.8. The van der Waals surface area contributed by atoms with E-state index in [1.165, 1.54) is 121 Å². The Hall–Kier alpha value is -7.42. The van der Waals surface area contributed by atoms with Crippen molar-refractivity contribution in [3.8, 4) is 0 Å². The first kappa shape index (κ1) is 37.2. The first-order chi connectivity index (χ1) is 31.4. The fraction of sp³-hybridized carbons (Fsp3) is 0.129. The minimum atomic E-state index is 0.0814. The van der Waals surface area contributed by atoms with E-state index in [0.29, 0.717) is 11.8 Å². The highest BCUT2D eigenvalue weighted by molar-refractivity contribution is 6.29. The fourth-order valence-electron chi connectivity index (χ4n) is 11.6. The SMILES string of the molecule is CC(C)c1ccc(C(c2ccccc2)c2ccc3c4cc5c(cc4n4c6ccccc6c2c34)c2ccc(C(c3ccccc3)c3ccc(C(C)C)cc3)c3c4ccccc4n5c23)cc1. The van der Waals surface area contributed by atoms with E-state index in [1.54, 1.807) is 0 Å². The van der Waals surface area contributed by atoms with Crippen molar-refractivity contribution in [2.75, 3.05) is 0 Å². The second-order valence-electron chi connectivity index (χ2n) is 18.8. The van der Waals surface area contributed by atoms with Crippen molar-refractivity contribution in [1.29, 1.82) is 0 Å². The molecule has 2 atom stereocenters. The van der Waals surface area contributed by atoms with Gasteiger partial charge in [-0.15, -0.1) is 0 Å². The van der Waals surface area contributed by atoms with Crippen LogP contribution in [0.2, 0.25) is 0 Å². The van der Waals surface area contributed by atoms with Gasteiger partial charge in [-0.25, -0.2) is 0 Å². The highest BCUT2D eigenvalue weighted by Gasteiger charge is 2.29. The molecule has 4 aromatic heterocycles. The maximum Gasteiger partial charge on any atom is 0.0623 e. The van der Waals surface area contributed by atoms with E-state index >= 15 is 0 Å². The molecule has 13 aromatic rings. The summed E-state index contributed by atoms with van der Waals surface area (Å²) in [5.41, 5.74) is 18.3. The summed E-state index contributed by atoms with van der Waals surface area (Å²) in [6.45, 7) is 9.10. The number of benzene rings is 9. The van der Waals surface area contributed by atoms with Crippen molar-refractivity contribution >= 4 is 76.2 Å². The summed E-state index contributed by atoms with van der Waals surface area (Å²) in [5, 5.41) is 10.5. The van der Waals surface area contributed by atoms with Gasteiger partial charge >= 0.3 is 0 Å². The highest BCUT2D eigenvalue weighted by Crippen LogP contribution is 2.49. The molecule has 0 radical (unpaired) electrons. The number of aromatic nitrogens is 2. The molecule has 9 aromatic carbocycles. The van der Waals surface area contributed by atoms with Gasteiger partial charge in [0.2, 0.25) is 0 Å². The molecule has 13 rings (SSSR count). The van der Waals surface area contributed by atoms with Crippen LogP contribution in [-0.4, -0.2) is 8.80 Å². The van der Waals surface area contributed by atoms with Crippen LogP contribution >= 0.6 is 0 Å². The monoisotopic (exact) mass is 820 g/mol. The van der Waals surface area contributed by atoms with Gasteiger partial charge in [0.15, 0.2) is 0 Å². The Kier molecular flexibility index (Phi) is 8.15. The summed E-state index contributed by atoms with van der Waals surface area (Å²) >= 11 is 0. The molecule has 306 valence electrons. The van der Waals surface area contributed by atoms with Crippen LogP contribution in [0.4, 0.5) is 0 Å². The third-order valence-electron chi connectivity index (χ3n) is 14.6. The molecule has 0 aliphatic heterocycles. The summed E-state index contributed by atoms with van der Waals surface area (Å²) in [7, 11) is 0. The Morgan fingerprint density at radius 3 is 1.02 bits per heavy atom. The van der Waals surface area contributed by atoms with E-state index in [4.69, 9.17) is 0 Å². The van der Waals surface area contributed by atoms with Gasteiger partial charge in [-0.1, -0.05) is 198 Å². The van der Waals surface area contributed by atoms with E-state index in [1.807, 2.05) is 0 Å². The number of hydrogen-bond donors (Lipinski definition) is 0. The molecule has 0 saturated carbocycles. The van der Waals surface area contributed by atoms with Crippen LogP contribution in [0, 0.1) is 0 Å². The van der Waals surface area contributed by atoms with E-state index in [9.17, 15) is 0 Å². The van der Waals surface area contributed by atoms with Crippen LogP contribution in [-0.2, 0) is 0 Å². The quantitative estimate of drug-likeness (QED) is 0.135. The molecule has 2 unspecified atom stereocenters. The van der Waals surface area contributed by atoms with Gasteiger partial charge in [0.25, 0.3) is 0 Å². The zero-order valence-electron chi connectivity index (χ0n) is 36.7. The summed E-state index contributed by atoms with van der Waals surface area (Å²) in [4.78, 5) is 0. The third-order valence-corrected chi connectivity index (χ3v) is 14.6. The lowest BCUT2D eigenvalue weighted by molar-refractivity contribution is 0.863. The fourth-order valence-corrected chi connectivity index (χ4v) is 11.6. The first-order valence-corrected chi connectivity index (χ1v) is 23.1. The molecule has 0 fully saturated rings. The van der Waals surface area contributed by atoms with Gasteiger partial charge in [-0.2, -0.15) is 0 Å². The Morgan fingerprint density at radius 1 is 0.281 bits per heavy atom. The normalized spacial score (nSPS) is 13.5. The molecule has 64 heavy (non-hydrogen) atoms. The Morgan fingerprint density at radius 2 is 0.625 bits per heavy atom. The van der Waals surface area contributed by atoms with Crippen molar-refractivity contribution in [2.24, 2.45) is 0 Å². The molecular weight excluding hydrogens is 773 g/mol. The largest absolute Gasteiger partial charge is 0.308 e. The first-order valence-electron chi connectivity index (χ1n) is 23.1. The molecule has 2 heteroatoms. The molecule has 0 spiro atoms. The predicted molar refractivity (Wildman–Crippen MR) is 272 cm³/mol. The molecular formula is C62H48N2. The number of hydrogen-bond acceptors (Lipinski definition) is 0. The Balaban J connectivity index is 1.09. The second-order valence-corrected chi connectivity index (χ2v) is 18.8. The lowest BCUT2D eigenvalue weighted by Gasteiger charge is -2.21. The molecule has 0 aliphatic rings. The molecule has 4 heterocycles. The maximum absolute atomic E-state index is 2.58. The zero-order valence-corrected chi connectivity index (χ0v) is 36.7. The van der Waals surface area contributed by atoms with Crippen LogP contribution in [0.25, 0.3) is 76.2 Å². The second kappa shape index (κ2) is 14.0. The molecule has 0 N–H and O–H groups in total. The van der Waals surface area contributed by atoms with Crippen molar-refractivity contribution < 1.29 is 0 Å². The van der Waals surface area contributed by atoms with Crippen LogP contribution in [0.15, 0.2) is 194 Å². The van der Waals surface area contributed by atoms with E-state index in [2.05, 4.69) is 231 Å². The number of para-hydroxylation sites is 2. The highest BCUT2D eigenvalue weighted by atomic mass is 14.9. The minimum Gasteiger partial charge on any atom is -0.308 e. The lowest BCUT2D eigenvalue weighted by Crippen LogP contribution is -2.04. The van der Waals surface area contributed by atoms with E-state index in [0.717, 1.165) is 0 Å². The topological polar surface area (TPSA) is 8.82 Å². The average molecular weight is 821 g/mol. The van der Waals surface area contributed by atoms with Crippen molar-refractivity contribution in [2.45, 2.75) is 51.4 Å². The number of fused-ring (bicyclic) bond motifs is 12. The molecule has 2 nitrogen and oxygen atoms in total. The number of nitrogens with zero attached hydrogens (tertiary/aromatic N) is 2. The van der Waals surface area contributed by atoms with Crippen LogP contribution in [0.5, 0.6) is 0 Å². The summed E-state index contributed by atoms with van der Waals surface area (Å²) in [5.74, 6) is 1.13. The van der Waals surface area contributed by atoms with E-state index < -0.39 is 0 Å². The lowest BCUT2D eigenvalue weighted by atomic mass is 9.82. The van der Waals surface area contributed by atoms with Crippen LogP contribution < -0.4 is 0 Å². The van der Waals surface area contributed by atoms with Gasteiger partial charge in [0.05, 0.1) is 33.1 Å². The minimum absolute atomic E-state index is 0.0814. The molecule has 0 aliphatic carbocycles. The van der Waals surface area contributed by atoms with Gasteiger partial charge in [0.1, 0.15) is 0 Å². The van der Waals surface area contributed by atoms with Crippen molar-refractivity contribution in [1.82, 2.24) is 8.80 Å². The Labute approximate surface area is 373 Å². The van der Waals surface area contributed by atoms with Crippen molar-refractivity contribution in [3.63, 3.8) is 0 Å². The smallest absolute Gasteiger partial charge is 0.0623 e. The third kappa shape index (κ3) is 5.26. The van der Waals surface area contributed by atoms with Gasteiger partial charge in [-0.05, 0) is 80.6 Å². The molecule has 0 amide bonds. The predicted octanol–water partition coefficient (Wildman–Crippen LogP) is 16.6. The summed E-state index contributed by atoms with van der Waals surface area (Å²) in [6.07, 6.45) is 0. The van der Waals surface area contributed by atoms with Crippen LogP contribution in [0.3, 0.4) is 0 Å². The van der Waals surface area contributed by atoms with E-state index in [-0.39, 0.29) is 11.8 Å². The van der Waals surface area contributed by atoms with Gasteiger partial charge < -0.3 is 8.80 Å². The van der Waals surface area contributed by atoms with Gasteiger partial charge in [-0.3, -0.25) is 0 Å². The van der Waals surface area contributed by atoms with Crippen LogP contribution in [0.1, 0.15) is 95.9 Å². The number of rotatable bonds is 8. The van der Waals surface area contributed by atoms with Crippen molar-refractivity contribution in [3.05, 3.63) is 239 Å². The molecule has 0 saturated heterocycles. The van der Waals surface area contributed by atoms with Gasteiger partial charge in [0, 0.05) is 54.9 Å². The maximum atomic E-state index is 2.58. The standard InChI is InChI=1S/C62H48N2/c1-37(2)39-23-27-43(28-24-39)57(41-15-7-5-8-16-41)49-33-31-45-51-35-56-52(36-55(51)63-53-21-13-11-19-47(53)59(49)61(45)63)46-32-34-50(60-48-20-12-14-22-54(48)64(56)62(46)60)58(42-17-9-6-10-18-42)44-29-25-40(26-30-44)38(3)4/h5-38,57-58H,1-4H3. The molecule has 0 bridgehead atoms. The summed E-state index contributed by atoms with van der Waals surface area (Å²) < 4.78 is 5.15.